The van der Waals surface area contributed by atoms with Crippen molar-refractivity contribution in [2.75, 3.05) is 29.0 Å². The van der Waals surface area contributed by atoms with Crippen LogP contribution < -0.4 is 20.7 Å². The Balaban J connectivity index is 1.29. The Labute approximate surface area is 220 Å². The summed E-state index contributed by atoms with van der Waals surface area (Å²) >= 11 is 0. The fourth-order valence-corrected chi connectivity index (χ4v) is 6.05. The Bertz CT molecular complexity index is 1260. The molecule has 1 aromatic heterocycles. The third kappa shape index (κ3) is 7.52. The number of nitrogens with zero attached hydrogens (tertiary/aromatic N) is 3. The van der Waals surface area contributed by atoms with Crippen molar-refractivity contribution in [1.82, 2.24) is 19.7 Å². The first-order chi connectivity index (χ1) is 17.7. The molecule has 0 bridgehead atoms. The van der Waals surface area contributed by atoms with Crippen LogP contribution in [0.15, 0.2) is 47.4 Å². The molecule has 10 heteroatoms. The van der Waals surface area contributed by atoms with Crippen molar-refractivity contribution >= 4 is 38.6 Å². The summed E-state index contributed by atoms with van der Waals surface area (Å²) < 4.78 is 29.0. The van der Waals surface area contributed by atoms with E-state index in [9.17, 15) is 8.42 Å². The average Bonchev–Trinajstić information content (AvgIpc) is 2.85. The van der Waals surface area contributed by atoms with E-state index < -0.39 is 10.0 Å². The van der Waals surface area contributed by atoms with Crippen molar-refractivity contribution in [3.63, 3.8) is 0 Å². The van der Waals surface area contributed by atoms with Crippen LogP contribution in [0.3, 0.4) is 0 Å². The maximum atomic E-state index is 13.1. The Hall–Kier alpha value is -2.98. The van der Waals surface area contributed by atoms with E-state index in [4.69, 9.17) is 0 Å². The molecule has 37 heavy (non-hydrogen) atoms. The van der Waals surface area contributed by atoms with Gasteiger partial charge in [-0.2, -0.15) is 15.0 Å². The molecule has 1 heterocycles. The lowest BCUT2D eigenvalue weighted by Crippen LogP contribution is -2.32. The van der Waals surface area contributed by atoms with E-state index in [0.29, 0.717) is 41.1 Å². The summed E-state index contributed by atoms with van der Waals surface area (Å²) in [5.74, 6) is 2.49. The number of fused-ring (bicyclic) bond motifs is 1. The van der Waals surface area contributed by atoms with Crippen molar-refractivity contribution < 1.29 is 8.42 Å². The lowest BCUT2D eigenvalue weighted by atomic mass is 9.82. The highest BCUT2D eigenvalue weighted by Gasteiger charge is 2.24. The molecule has 0 unspecified atom stereocenters. The van der Waals surface area contributed by atoms with Gasteiger partial charge in [-0.25, -0.2) is 13.1 Å². The number of sulfonamides is 1. The monoisotopic (exact) mass is 525 g/mol. The van der Waals surface area contributed by atoms with Crippen molar-refractivity contribution in [2.24, 2.45) is 11.8 Å². The van der Waals surface area contributed by atoms with Gasteiger partial charge >= 0.3 is 0 Å². The van der Waals surface area contributed by atoms with Gasteiger partial charge in [0.05, 0.1) is 4.90 Å². The molecule has 0 atom stereocenters. The lowest BCUT2D eigenvalue weighted by Gasteiger charge is -2.28. The van der Waals surface area contributed by atoms with Crippen molar-refractivity contribution in [3.05, 3.63) is 42.5 Å². The Kier molecular flexibility index (Phi) is 8.81. The van der Waals surface area contributed by atoms with E-state index >= 15 is 0 Å². The molecule has 4 rings (SSSR count). The van der Waals surface area contributed by atoms with E-state index in [2.05, 4.69) is 35.6 Å². The van der Waals surface area contributed by atoms with Crippen LogP contribution in [0.2, 0.25) is 0 Å². The molecule has 0 aliphatic heterocycles. The molecule has 0 radical (unpaired) electrons. The molecule has 0 saturated heterocycles. The third-order valence-corrected chi connectivity index (χ3v) is 8.07. The second kappa shape index (κ2) is 12.0. The maximum absolute atomic E-state index is 13.1. The van der Waals surface area contributed by atoms with Crippen LogP contribution in [-0.4, -0.2) is 48.5 Å². The fourth-order valence-electron chi connectivity index (χ4n) is 4.71. The van der Waals surface area contributed by atoms with Crippen molar-refractivity contribution in [1.29, 1.82) is 0 Å². The number of hydrogen-bond acceptors (Lipinski definition) is 8. The van der Waals surface area contributed by atoms with Gasteiger partial charge in [0.1, 0.15) is 0 Å². The van der Waals surface area contributed by atoms with E-state index in [0.717, 1.165) is 43.0 Å². The molecule has 1 saturated carbocycles. The number of anilines is 3. The second-order valence-corrected chi connectivity index (χ2v) is 12.2. The Morgan fingerprint density at radius 2 is 1.30 bits per heavy atom. The van der Waals surface area contributed by atoms with Crippen LogP contribution >= 0.6 is 0 Å². The van der Waals surface area contributed by atoms with Gasteiger partial charge in [0.25, 0.3) is 0 Å². The average molecular weight is 526 g/mol. The van der Waals surface area contributed by atoms with Crippen LogP contribution in [-0.2, 0) is 10.0 Å². The van der Waals surface area contributed by atoms with Crippen LogP contribution in [0.25, 0.3) is 10.8 Å². The number of rotatable bonds is 11. The quantitative estimate of drug-likeness (QED) is 0.280. The molecule has 1 aliphatic carbocycles. The first kappa shape index (κ1) is 27.1. The number of hydrogen-bond donors (Lipinski definition) is 4. The minimum absolute atomic E-state index is 0.218. The molecular weight excluding hydrogens is 486 g/mol. The Morgan fingerprint density at radius 3 is 1.92 bits per heavy atom. The number of benzene rings is 2. The summed E-state index contributed by atoms with van der Waals surface area (Å²) in [7, 11) is -3.57. The van der Waals surface area contributed by atoms with Crippen LogP contribution in [0, 0.1) is 11.8 Å². The summed E-state index contributed by atoms with van der Waals surface area (Å²) in [5.41, 5.74) is 0. The van der Waals surface area contributed by atoms with Crippen molar-refractivity contribution in [3.8, 4) is 0 Å². The Morgan fingerprint density at radius 1 is 0.757 bits per heavy atom. The molecule has 9 nitrogen and oxygen atoms in total. The van der Waals surface area contributed by atoms with Crippen LogP contribution in [0.4, 0.5) is 17.8 Å². The molecule has 200 valence electrons. The first-order valence-electron chi connectivity index (χ1n) is 13.2. The van der Waals surface area contributed by atoms with Gasteiger partial charge in [0, 0.05) is 30.6 Å². The van der Waals surface area contributed by atoms with Gasteiger partial charge in [-0.1, -0.05) is 36.4 Å². The molecule has 1 aliphatic rings. The zero-order valence-corrected chi connectivity index (χ0v) is 23.0. The van der Waals surface area contributed by atoms with Gasteiger partial charge in [-0.05, 0) is 76.7 Å². The third-order valence-electron chi connectivity index (χ3n) is 6.59. The predicted molar refractivity (Wildman–Crippen MR) is 150 cm³/mol. The topological polar surface area (TPSA) is 121 Å². The summed E-state index contributed by atoms with van der Waals surface area (Å²) in [4.78, 5) is 13.9. The molecule has 2 aromatic carbocycles. The van der Waals surface area contributed by atoms with Crippen LogP contribution in [0.5, 0.6) is 0 Å². The van der Waals surface area contributed by atoms with Gasteiger partial charge in [-0.3, -0.25) is 0 Å². The fraction of sp³-hybridized carbons (Fsp3) is 0.519. The molecule has 0 spiro atoms. The van der Waals surface area contributed by atoms with Gasteiger partial charge in [0.2, 0.25) is 27.9 Å². The van der Waals surface area contributed by atoms with Gasteiger partial charge in [-0.15, -0.1) is 0 Å². The van der Waals surface area contributed by atoms with Gasteiger partial charge in [0.15, 0.2) is 0 Å². The normalized spacial score (nSPS) is 18.3. The van der Waals surface area contributed by atoms with Crippen molar-refractivity contribution in [2.45, 2.75) is 70.4 Å². The summed E-state index contributed by atoms with van der Waals surface area (Å²) in [5, 5.41) is 11.6. The van der Waals surface area contributed by atoms with Gasteiger partial charge < -0.3 is 16.0 Å². The van der Waals surface area contributed by atoms with E-state index in [1.54, 1.807) is 12.1 Å². The highest BCUT2D eigenvalue weighted by Crippen LogP contribution is 2.29. The lowest BCUT2D eigenvalue weighted by molar-refractivity contribution is 0.284. The highest BCUT2D eigenvalue weighted by molar-refractivity contribution is 7.89. The molecule has 4 N–H and O–H groups in total. The molecule has 1 fully saturated rings. The largest absolute Gasteiger partial charge is 0.354 e. The highest BCUT2D eigenvalue weighted by atomic mass is 32.2. The minimum Gasteiger partial charge on any atom is -0.354 e. The molecule has 3 aromatic rings. The standard InChI is InChI=1S/C27H39N7O2S/c1-18(2)30-26-32-25(33-27(34-26)31-19(3)4)28-16-20-12-14-21(15-13-20)17-29-37(35,36)24-11-7-9-22-8-5-6-10-23(22)24/h5-11,18-21,29H,12-17H2,1-4H3,(H3,28,30,31,32,33,34). The number of nitrogens with one attached hydrogen (secondary N) is 4. The second-order valence-electron chi connectivity index (χ2n) is 10.5. The smallest absolute Gasteiger partial charge is 0.241 e. The SMILES string of the molecule is CC(C)Nc1nc(NCC2CCC(CNS(=O)(=O)c3cccc4ccccc34)CC2)nc(NC(C)C)n1. The summed E-state index contributed by atoms with van der Waals surface area (Å²) in [6.45, 7) is 9.44. The van der Waals surface area contributed by atoms with E-state index in [1.165, 1.54) is 0 Å². The molecule has 0 amide bonds. The van der Waals surface area contributed by atoms with E-state index in [1.807, 2.05) is 58.0 Å². The summed E-state index contributed by atoms with van der Waals surface area (Å²) in [6.07, 6.45) is 4.05. The zero-order valence-electron chi connectivity index (χ0n) is 22.2. The first-order valence-corrected chi connectivity index (χ1v) is 14.7. The minimum atomic E-state index is -3.57. The van der Waals surface area contributed by atoms with E-state index in [-0.39, 0.29) is 12.1 Å². The van der Waals surface area contributed by atoms with Crippen LogP contribution in [0.1, 0.15) is 53.4 Å². The zero-order chi connectivity index (χ0) is 26.4. The number of aromatic nitrogens is 3. The predicted octanol–water partition coefficient (Wildman–Crippen LogP) is 4.86. The maximum Gasteiger partial charge on any atom is 0.241 e. The molecular formula is C27H39N7O2S. The summed E-state index contributed by atoms with van der Waals surface area (Å²) in [6, 6.07) is 13.4.